The third kappa shape index (κ3) is 2.55. The second-order valence-corrected chi connectivity index (χ2v) is 4.65. The van der Waals surface area contributed by atoms with E-state index in [1.54, 1.807) is 14.2 Å². The third-order valence-electron chi connectivity index (χ3n) is 3.73. The van der Waals surface area contributed by atoms with E-state index in [0.717, 1.165) is 24.6 Å². The van der Waals surface area contributed by atoms with Crippen molar-refractivity contribution in [2.24, 2.45) is 5.92 Å². The van der Waals surface area contributed by atoms with Gasteiger partial charge >= 0.3 is 0 Å². The van der Waals surface area contributed by atoms with Crippen LogP contribution in [0.15, 0.2) is 18.2 Å². The summed E-state index contributed by atoms with van der Waals surface area (Å²) < 4.78 is 10.7. The summed E-state index contributed by atoms with van der Waals surface area (Å²) in [5.41, 5.74) is 1.25. The summed E-state index contributed by atoms with van der Waals surface area (Å²) in [6, 6.07) is 6.04. The Morgan fingerprint density at radius 3 is 2.71 bits per heavy atom. The van der Waals surface area contributed by atoms with Crippen molar-refractivity contribution in [3.05, 3.63) is 23.8 Å². The molecule has 2 atom stereocenters. The standard InChI is InChI=1S/C14H21NO2/c1-10(11-6-7-15-9-11)13-8-12(16-2)4-5-14(13)17-3/h4-5,8,10-11,15H,6-7,9H2,1-3H3. The minimum Gasteiger partial charge on any atom is -0.497 e. The van der Waals surface area contributed by atoms with Crippen molar-refractivity contribution in [3.63, 3.8) is 0 Å². The topological polar surface area (TPSA) is 30.5 Å². The molecular formula is C14H21NO2. The van der Waals surface area contributed by atoms with Gasteiger partial charge in [0, 0.05) is 5.56 Å². The quantitative estimate of drug-likeness (QED) is 0.869. The van der Waals surface area contributed by atoms with Crippen LogP contribution in [0.1, 0.15) is 24.8 Å². The number of ether oxygens (including phenoxy) is 2. The van der Waals surface area contributed by atoms with Crippen LogP contribution in [0.2, 0.25) is 0 Å². The smallest absolute Gasteiger partial charge is 0.122 e. The van der Waals surface area contributed by atoms with Gasteiger partial charge in [-0.25, -0.2) is 0 Å². The molecule has 0 amide bonds. The first kappa shape index (κ1) is 12.2. The Bertz CT molecular complexity index is 372. The van der Waals surface area contributed by atoms with E-state index in [0.29, 0.717) is 11.8 Å². The minimum absolute atomic E-state index is 0.495. The average molecular weight is 235 g/mol. The highest BCUT2D eigenvalue weighted by Crippen LogP contribution is 2.36. The van der Waals surface area contributed by atoms with Gasteiger partial charge in [-0.3, -0.25) is 0 Å². The molecule has 17 heavy (non-hydrogen) atoms. The van der Waals surface area contributed by atoms with E-state index in [9.17, 15) is 0 Å². The highest BCUT2D eigenvalue weighted by molar-refractivity contribution is 5.42. The molecule has 1 heterocycles. The van der Waals surface area contributed by atoms with Crippen LogP contribution >= 0.6 is 0 Å². The zero-order valence-electron chi connectivity index (χ0n) is 10.8. The van der Waals surface area contributed by atoms with Gasteiger partial charge in [0.15, 0.2) is 0 Å². The van der Waals surface area contributed by atoms with Crippen molar-refractivity contribution in [3.8, 4) is 11.5 Å². The number of rotatable bonds is 4. The molecule has 1 aromatic rings. The van der Waals surface area contributed by atoms with Crippen LogP contribution in [0.3, 0.4) is 0 Å². The highest BCUT2D eigenvalue weighted by atomic mass is 16.5. The van der Waals surface area contributed by atoms with Crippen molar-refractivity contribution < 1.29 is 9.47 Å². The number of hydrogen-bond donors (Lipinski definition) is 1. The molecule has 2 rings (SSSR count). The number of methoxy groups -OCH3 is 2. The lowest BCUT2D eigenvalue weighted by molar-refractivity contribution is 0.385. The molecular weight excluding hydrogens is 214 g/mol. The summed E-state index contributed by atoms with van der Waals surface area (Å²) in [6.07, 6.45) is 1.24. The molecule has 0 saturated carbocycles. The fourth-order valence-electron chi connectivity index (χ4n) is 2.55. The fraction of sp³-hybridized carbons (Fsp3) is 0.571. The van der Waals surface area contributed by atoms with Gasteiger partial charge in [-0.15, -0.1) is 0 Å². The Labute approximate surface area is 103 Å². The van der Waals surface area contributed by atoms with Crippen LogP contribution in [-0.4, -0.2) is 27.3 Å². The molecule has 1 aliphatic rings. The lowest BCUT2D eigenvalue weighted by Gasteiger charge is -2.21. The monoisotopic (exact) mass is 235 g/mol. The Kier molecular flexibility index (Phi) is 3.89. The molecule has 0 aliphatic carbocycles. The van der Waals surface area contributed by atoms with Gasteiger partial charge in [0.25, 0.3) is 0 Å². The molecule has 3 nitrogen and oxygen atoms in total. The van der Waals surface area contributed by atoms with Crippen molar-refractivity contribution >= 4 is 0 Å². The molecule has 1 aliphatic heterocycles. The summed E-state index contributed by atoms with van der Waals surface area (Å²) in [6.45, 7) is 4.50. The van der Waals surface area contributed by atoms with Gasteiger partial charge in [0.05, 0.1) is 14.2 Å². The predicted octanol–water partition coefficient (Wildman–Crippen LogP) is 2.42. The van der Waals surface area contributed by atoms with Crippen molar-refractivity contribution in [1.29, 1.82) is 0 Å². The van der Waals surface area contributed by atoms with Gasteiger partial charge < -0.3 is 14.8 Å². The largest absolute Gasteiger partial charge is 0.497 e. The van der Waals surface area contributed by atoms with E-state index < -0.39 is 0 Å². The summed E-state index contributed by atoms with van der Waals surface area (Å²) >= 11 is 0. The van der Waals surface area contributed by atoms with Crippen molar-refractivity contribution in [2.45, 2.75) is 19.3 Å². The summed E-state index contributed by atoms with van der Waals surface area (Å²) in [7, 11) is 3.43. The summed E-state index contributed by atoms with van der Waals surface area (Å²) in [5, 5.41) is 3.42. The predicted molar refractivity (Wildman–Crippen MR) is 68.9 cm³/mol. The lowest BCUT2D eigenvalue weighted by atomic mass is 9.86. The normalized spacial score (nSPS) is 21.2. The molecule has 2 unspecified atom stereocenters. The minimum atomic E-state index is 0.495. The molecule has 1 aromatic carbocycles. The highest BCUT2D eigenvalue weighted by Gasteiger charge is 2.25. The summed E-state index contributed by atoms with van der Waals surface area (Å²) in [5.74, 6) is 3.05. The molecule has 3 heteroatoms. The number of benzene rings is 1. The van der Waals surface area contributed by atoms with Crippen molar-refractivity contribution in [2.75, 3.05) is 27.3 Å². The fourth-order valence-corrected chi connectivity index (χ4v) is 2.55. The van der Waals surface area contributed by atoms with Crippen LogP contribution in [0, 0.1) is 5.92 Å². The van der Waals surface area contributed by atoms with Gasteiger partial charge in [0.2, 0.25) is 0 Å². The van der Waals surface area contributed by atoms with Gasteiger partial charge in [-0.1, -0.05) is 6.92 Å². The van der Waals surface area contributed by atoms with E-state index in [4.69, 9.17) is 9.47 Å². The van der Waals surface area contributed by atoms with E-state index in [2.05, 4.69) is 18.3 Å². The molecule has 0 bridgehead atoms. The van der Waals surface area contributed by atoms with Crippen LogP contribution in [0.5, 0.6) is 11.5 Å². The molecule has 94 valence electrons. The number of nitrogens with one attached hydrogen (secondary N) is 1. The van der Waals surface area contributed by atoms with E-state index in [1.165, 1.54) is 12.0 Å². The molecule has 1 fully saturated rings. The Morgan fingerprint density at radius 1 is 1.29 bits per heavy atom. The van der Waals surface area contributed by atoms with Gasteiger partial charge in [0.1, 0.15) is 11.5 Å². The van der Waals surface area contributed by atoms with Crippen LogP contribution in [0.25, 0.3) is 0 Å². The van der Waals surface area contributed by atoms with Crippen molar-refractivity contribution in [1.82, 2.24) is 5.32 Å². The zero-order valence-corrected chi connectivity index (χ0v) is 10.8. The zero-order chi connectivity index (χ0) is 12.3. The first-order valence-electron chi connectivity index (χ1n) is 6.19. The van der Waals surface area contributed by atoms with Crippen LogP contribution in [0.4, 0.5) is 0 Å². The number of hydrogen-bond acceptors (Lipinski definition) is 3. The van der Waals surface area contributed by atoms with E-state index >= 15 is 0 Å². The molecule has 0 spiro atoms. The van der Waals surface area contributed by atoms with Gasteiger partial charge in [-0.2, -0.15) is 0 Å². The maximum Gasteiger partial charge on any atom is 0.122 e. The maximum atomic E-state index is 5.45. The summed E-state index contributed by atoms with van der Waals surface area (Å²) in [4.78, 5) is 0. The lowest BCUT2D eigenvalue weighted by Crippen LogP contribution is -2.15. The first-order chi connectivity index (χ1) is 8.26. The van der Waals surface area contributed by atoms with Crippen LogP contribution < -0.4 is 14.8 Å². The average Bonchev–Trinajstić information content (AvgIpc) is 2.91. The Balaban J connectivity index is 2.27. The molecule has 0 aromatic heterocycles. The maximum absolute atomic E-state index is 5.45. The SMILES string of the molecule is COc1ccc(OC)c(C(C)C2CCNC2)c1. The van der Waals surface area contributed by atoms with Gasteiger partial charge in [-0.05, 0) is 49.5 Å². The second kappa shape index (κ2) is 5.41. The Morgan fingerprint density at radius 2 is 2.12 bits per heavy atom. The van der Waals surface area contributed by atoms with E-state index in [-0.39, 0.29) is 0 Å². The molecule has 1 N–H and O–H groups in total. The third-order valence-corrected chi connectivity index (χ3v) is 3.73. The first-order valence-corrected chi connectivity index (χ1v) is 6.19. The second-order valence-electron chi connectivity index (χ2n) is 4.65. The van der Waals surface area contributed by atoms with Crippen LogP contribution in [-0.2, 0) is 0 Å². The van der Waals surface area contributed by atoms with E-state index in [1.807, 2.05) is 12.1 Å². The Hall–Kier alpha value is -1.22. The molecule has 1 saturated heterocycles. The molecule has 0 radical (unpaired) electrons.